The first-order chi connectivity index (χ1) is 5.27. The molecule has 13 heavy (non-hydrogen) atoms. The van der Waals surface area contributed by atoms with Crippen molar-refractivity contribution >= 4 is 24.8 Å². The Kier molecular flexibility index (Phi) is 9.58. The van der Waals surface area contributed by atoms with E-state index in [-0.39, 0.29) is 37.0 Å². The van der Waals surface area contributed by atoms with E-state index in [0.717, 1.165) is 26.2 Å². The summed E-state index contributed by atoms with van der Waals surface area (Å²) in [4.78, 5) is 2.32. The highest BCUT2D eigenvalue weighted by atomic mass is 35.5. The van der Waals surface area contributed by atoms with Gasteiger partial charge in [0.2, 0.25) is 0 Å². The van der Waals surface area contributed by atoms with Crippen LogP contribution >= 0.6 is 24.8 Å². The first kappa shape index (κ1) is 15.9. The standard InChI is InChI=1S/C8H18N2O.2ClH/c1-3-10-5-7(9)8(6-10)11-4-2;;/h7-8H,3-6,9H2,1-2H3;2*1H/t7-,8-;;/m0../s1. The molecule has 3 nitrogen and oxygen atoms in total. The number of nitrogens with zero attached hydrogens (tertiary/aromatic N) is 1. The van der Waals surface area contributed by atoms with Crippen molar-refractivity contribution in [3.05, 3.63) is 0 Å². The average Bonchev–Trinajstić information content (AvgIpc) is 2.33. The number of likely N-dealkylation sites (tertiary alicyclic amines) is 1. The summed E-state index contributed by atoms with van der Waals surface area (Å²) in [6, 6.07) is 0.217. The van der Waals surface area contributed by atoms with Crippen LogP contribution in [0.1, 0.15) is 13.8 Å². The molecule has 0 radical (unpaired) electrons. The van der Waals surface area contributed by atoms with Crippen molar-refractivity contribution in [1.82, 2.24) is 4.90 Å². The van der Waals surface area contributed by atoms with Crippen molar-refractivity contribution in [2.75, 3.05) is 26.2 Å². The minimum Gasteiger partial charge on any atom is -0.376 e. The van der Waals surface area contributed by atoms with Crippen molar-refractivity contribution in [2.24, 2.45) is 5.73 Å². The number of hydrogen-bond donors (Lipinski definition) is 1. The molecule has 1 rings (SSSR count). The van der Waals surface area contributed by atoms with Gasteiger partial charge in [0, 0.05) is 25.7 Å². The summed E-state index contributed by atoms with van der Waals surface area (Å²) < 4.78 is 5.48. The van der Waals surface area contributed by atoms with Gasteiger partial charge in [-0.1, -0.05) is 6.92 Å². The molecule has 2 N–H and O–H groups in total. The molecule has 0 amide bonds. The molecule has 0 aromatic rings. The minimum atomic E-state index is 0. The summed E-state index contributed by atoms with van der Waals surface area (Å²) in [7, 11) is 0. The predicted molar refractivity (Wildman–Crippen MR) is 60.0 cm³/mol. The zero-order chi connectivity index (χ0) is 8.27. The van der Waals surface area contributed by atoms with Crippen molar-refractivity contribution in [3.63, 3.8) is 0 Å². The number of likely N-dealkylation sites (N-methyl/N-ethyl adjacent to an activating group) is 1. The van der Waals surface area contributed by atoms with Crippen LogP contribution in [0, 0.1) is 0 Å². The second kappa shape index (κ2) is 7.83. The Morgan fingerprint density at radius 2 is 1.92 bits per heavy atom. The van der Waals surface area contributed by atoms with E-state index >= 15 is 0 Å². The number of hydrogen-bond acceptors (Lipinski definition) is 3. The highest BCUT2D eigenvalue weighted by molar-refractivity contribution is 5.85. The Labute approximate surface area is 92.8 Å². The molecule has 1 aliphatic rings. The van der Waals surface area contributed by atoms with Gasteiger partial charge in [-0.15, -0.1) is 24.8 Å². The molecule has 0 saturated carbocycles. The number of rotatable bonds is 3. The molecule has 0 aromatic heterocycles. The summed E-state index contributed by atoms with van der Waals surface area (Å²) in [5.41, 5.74) is 5.86. The van der Waals surface area contributed by atoms with E-state index in [4.69, 9.17) is 10.5 Å². The second-order valence-electron chi connectivity index (χ2n) is 3.01. The van der Waals surface area contributed by atoms with Crippen LogP contribution < -0.4 is 5.73 Å². The highest BCUT2D eigenvalue weighted by Gasteiger charge is 2.29. The van der Waals surface area contributed by atoms with Crippen LogP contribution in [0.25, 0.3) is 0 Å². The maximum absolute atomic E-state index is 5.86. The van der Waals surface area contributed by atoms with Crippen LogP contribution in [-0.2, 0) is 4.74 Å². The van der Waals surface area contributed by atoms with Gasteiger partial charge in [0.05, 0.1) is 6.10 Å². The lowest BCUT2D eigenvalue weighted by Crippen LogP contribution is -2.35. The third kappa shape index (κ3) is 4.47. The van der Waals surface area contributed by atoms with E-state index in [0.29, 0.717) is 0 Å². The molecular weight excluding hydrogens is 211 g/mol. The van der Waals surface area contributed by atoms with Gasteiger partial charge in [0.1, 0.15) is 0 Å². The van der Waals surface area contributed by atoms with Crippen LogP contribution in [0.15, 0.2) is 0 Å². The van der Waals surface area contributed by atoms with Crippen LogP contribution in [0.2, 0.25) is 0 Å². The Hall–Kier alpha value is 0.460. The van der Waals surface area contributed by atoms with E-state index < -0.39 is 0 Å². The first-order valence-electron chi connectivity index (χ1n) is 4.37. The summed E-state index contributed by atoms with van der Waals surface area (Å²) >= 11 is 0. The van der Waals surface area contributed by atoms with Crippen LogP contribution in [0.5, 0.6) is 0 Å². The molecule has 0 bridgehead atoms. The highest BCUT2D eigenvalue weighted by Crippen LogP contribution is 2.10. The summed E-state index contributed by atoms with van der Waals surface area (Å²) in [5, 5.41) is 0. The number of halogens is 2. The van der Waals surface area contributed by atoms with Crippen molar-refractivity contribution in [3.8, 4) is 0 Å². The van der Waals surface area contributed by atoms with Gasteiger partial charge in [-0.3, -0.25) is 4.90 Å². The Balaban J connectivity index is 0. The topological polar surface area (TPSA) is 38.5 Å². The van der Waals surface area contributed by atoms with Gasteiger partial charge >= 0.3 is 0 Å². The van der Waals surface area contributed by atoms with E-state index in [1.54, 1.807) is 0 Å². The normalized spacial score (nSPS) is 27.9. The molecule has 0 unspecified atom stereocenters. The third-order valence-electron chi connectivity index (χ3n) is 2.21. The molecule has 1 heterocycles. The maximum Gasteiger partial charge on any atom is 0.0864 e. The fourth-order valence-corrected chi connectivity index (χ4v) is 1.53. The molecule has 0 aliphatic carbocycles. The van der Waals surface area contributed by atoms with Gasteiger partial charge in [-0.25, -0.2) is 0 Å². The third-order valence-corrected chi connectivity index (χ3v) is 2.21. The molecule has 1 aliphatic heterocycles. The van der Waals surface area contributed by atoms with Gasteiger partial charge in [-0.05, 0) is 13.5 Å². The van der Waals surface area contributed by atoms with Crippen molar-refractivity contribution in [2.45, 2.75) is 26.0 Å². The molecule has 1 fully saturated rings. The van der Waals surface area contributed by atoms with E-state index in [1.165, 1.54) is 0 Å². The largest absolute Gasteiger partial charge is 0.376 e. The molecule has 82 valence electrons. The summed E-state index contributed by atoms with van der Waals surface area (Å²) in [6.45, 7) is 8.02. The maximum atomic E-state index is 5.86. The van der Waals surface area contributed by atoms with Crippen molar-refractivity contribution in [1.29, 1.82) is 0 Å². The minimum absolute atomic E-state index is 0. The second-order valence-corrected chi connectivity index (χ2v) is 3.01. The summed E-state index contributed by atoms with van der Waals surface area (Å²) in [6.07, 6.45) is 0.264. The zero-order valence-electron chi connectivity index (χ0n) is 8.23. The van der Waals surface area contributed by atoms with E-state index in [1.807, 2.05) is 6.92 Å². The fourth-order valence-electron chi connectivity index (χ4n) is 1.53. The number of ether oxygens (including phenoxy) is 1. The Morgan fingerprint density at radius 3 is 2.31 bits per heavy atom. The number of nitrogens with two attached hydrogens (primary N) is 1. The fraction of sp³-hybridized carbons (Fsp3) is 1.00. The quantitative estimate of drug-likeness (QED) is 0.784. The van der Waals surface area contributed by atoms with Gasteiger partial charge in [0.25, 0.3) is 0 Å². The van der Waals surface area contributed by atoms with Crippen LogP contribution in [0.4, 0.5) is 0 Å². The monoisotopic (exact) mass is 230 g/mol. The van der Waals surface area contributed by atoms with Gasteiger partial charge in [0.15, 0.2) is 0 Å². The van der Waals surface area contributed by atoms with E-state index in [2.05, 4.69) is 11.8 Å². The molecule has 5 heteroatoms. The van der Waals surface area contributed by atoms with Crippen molar-refractivity contribution < 1.29 is 4.74 Å². The lowest BCUT2D eigenvalue weighted by molar-refractivity contribution is 0.0607. The average molecular weight is 231 g/mol. The SMILES string of the molecule is CCO[C@H]1CN(CC)C[C@@H]1N.Cl.Cl. The lowest BCUT2D eigenvalue weighted by Gasteiger charge is -2.13. The zero-order valence-corrected chi connectivity index (χ0v) is 9.87. The van der Waals surface area contributed by atoms with Crippen LogP contribution in [0.3, 0.4) is 0 Å². The smallest absolute Gasteiger partial charge is 0.0864 e. The molecular formula is C8H20Cl2N2O. The lowest BCUT2D eigenvalue weighted by atomic mass is 10.2. The Morgan fingerprint density at radius 1 is 1.31 bits per heavy atom. The first-order valence-corrected chi connectivity index (χ1v) is 4.37. The molecule has 1 saturated heterocycles. The summed E-state index contributed by atoms with van der Waals surface area (Å²) in [5.74, 6) is 0. The molecule has 0 aromatic carbocycles. The van der Waals surface area contributed by atoms with E-state index in [9.17, 15) is 0 Å². The predicted octanol–water partition coefficient (Wildman–Crippen LogP) is 0.898. The molecule has 0 spiro atoms. The Bertz CT molecular complexity index is 127. The molecule has 2 atom stereocenters. The van der Waals surface area contributed by atoms with Gasteiger partial charge in [-0.2, -0.15) is 0 Å². The van der Waals surface area contributed by atoms with Crippen LogP contribution in [-0.4, -0.2) is 43.3 Å². The van der Waals surface area contributed by atoms with Gasteiger partial charge < -0.3 is 10.5 Å².